The van der Waals surface area contributed by atoms with Crippen LogP contribution in [0.2, 0.25) is 0 Å². The van der Waals surface area contributed by atoms with Crippen LogP contribution in [-0.2, 0) is 4.79 Å². The summed E-state index contributed by atoms with van der Waals surface area (Å²) in [6.45, 7) is 3.47. The highest BCUT2D eigenvalue weighted by molar-refractivity contribution is 6.09. The predicted octanol–water partition coefficient (Wildman–Crippen LogP) is 4.74. The molecule has 0 bridgehead atoms. The Labute approximate surface area is 167 Å². The highest BCUT2D eigenvalue weighted by Crippen LogP contribution is 2.33. The van der Waals surface area contributed by atoms with Gasteiger partial charge in [0.2, 0.25) is 5.91 Å². The molecule has 0 aromatic heterocycles. The van der Waals surface area contributed by atoms with Gasteiger partial charge >= 0.3 is 6.18 Å². The number of ketones is 1. The van der Waals surface area contributed by atoms with E-state index in [0.29, 0.717) is 22.3 Å². The van der Waals surface area contributed by atoms with Crippen LogP contribution in [0.15, 0.2) is 48.5 Å². The van der Waals surface area contributed by atoms with Crippen LogP contribution >= 0.6 is 0 Å². The Bertz CT molecular complexity index is 896. The predicted molar refractivity (Wildman–Crippen MR) is 102 cm³/mol. The summed E-state index contributed by atoms with van der Waals surface area (Å²) in [6.07, 6.45) is -5.83. The van der Waals surface area contributed by atoms with E-state index < -0.39 is 24.4 Å². The molecular formula is C22H21F3N2O2. The molecule has 0 saturated heterocycles. The first-order chi connectivity index (χ1) is 13.6. The first-order valence-electron chi connectivity index (χ1n) is 9.10. The Morgan fingerprint density at radius 1 is 1.00 bits per heavy atom. The van der Waals surface area contributed by atoms with Crippen LogP contribution in [0.5, 0.6) is 0 Å². The molecule has 4 nitrogen and oxygen atoms in total. The molecule has 0 fully saturated rings. The van der Waals surface area contributed by atoms with Gasteiger partial charge in [0.15, 0.2) is 5.78 Å². The number of nitriles is 1. The molecule has 152 valence electrons. The lowest BCUT2D eigenvalue weighted by Gasteiger charge is -2.20. The standard InChI is InChI=1S/C22H21F3N2O2/c1-14(2)27-20(28)11-19(12-22(23,24)25)16-7-9-18(10-8-16)21(29)17-5-3-15(13-26)4-6-17/h3-10,14,19H,11-12H2,1-2H3,(H,27,28). The van der Waals surface area contributed by atoms with Gasteiger partial charge in [0.25, 0.3) is 0 Å². The zero-order chi connectivity index (χ0) is 21.6. The topological polar surface area (TPSA) is 70.0 Å². The van der Waals surface area contributed by atoms with Crippen molar-refractivity contribution in [3.8, 4) is 6.07 Å². The van der Waals surface area contributed by atoms with E-state index in [-0.39, 0.29) is 18.2 Å². The van der Waals surface area contributed by atoms with E-state index in [1.165, 1.54) is 48.5 Å². The van der Waals surface area contributed by atoms with Gasteiger partial charge in [0.1, 0.15) is 0 Å². The lowest BCUT2D eigenvalue weighted by Crippen LogP contribution is -2.32. The molecule has 1 N–H and O–H groups in total. The second-order valence-electron chi connectivity index (χ2n) is 7.08. The van der Waals surface area contributed by atoms with Crippen molar-refractivity contribution in [1.82, 2.24) is 5.32 Å². The molecule has 29 heavy (non-hydrogen) atoms. The molecule has 0 radical (unpaired) electrons. The van der Waals surface area contributed by atoms with Gasteiger partial charge in [0, 0.05) is 29.5 Å². The molecule has 0 aliphatic carbocycles. The van der Waals surface area contributed by atoms with Gasteiger partial charge in [-0.3, -0.25) is 9.59 Å². The number of alkyl halides is 3. The van der Waals surface area contributed by atoms with Gasteiger partial charge in [-0.05, 0) is 43.7 Å². The second-order valence-corrected chi connectivity index (χ2v) is 7.08. The fraction of sp³-hybridized carbons (Fsp3) is 0.318. The van der Waals surface area contributed by atoms with E-state index in [0.717, 1.165) is 0 Å². The summed E-state index contributed by atoms with van der Waals surface area (Å²) in [5.41, 5.74) is 1.46. The highest BCUT2D eigenvalue weighted by Gasteiger charge is 2.33. The summed E-state index contributed by atoms with van der Waals surface area (Å²) < 4.78 is 39.0. The Morgan fingerprint density at radius 3 is 1.97 bits per heavy atom. The molecule has 0 aliphatic heterocycles. The monoisotopic (exact) mass is 402 g/mol. The van der Waals surface area contributed by atoms with Gasteiger partial charge in [0.05, 0.1) is 18.1 Å². The summed E-state index contributed by atoms with van der Waals surface area (Å²) in [5.74, 6) is -1.79. The number of carbonyl (C=O) groups is 2. The quantitative estimate of drug-likeness (QED) is 0.680. The van der Waals surface area contributed by atoms with Gasteiger partial charge in [-0.15, -0.1) is 0 Å². The van der Waals surface area contributed by atoms with Crippen molar-refractivity contribution in [3.05, 3.63) is 70.8 Å². The normalized spacial score (nSPS) is 12.3. The summed E-state index contributed by atoms with van der Waals surface area (Å²) in [5, 5.41) is 11.4. The lowest BCUT2D eigenvalue weighted by molar-refractivity contribution is -0.141. The molecule has 0 spiro atoms. The van der Waals surface area contributed by atoms with Gasteiger partial charge in [-0.1, -0.05) is 24.3 Å². The third kappa shape index (κ3) is 6.75. The number of hydrogen-bond donors (Lipinski definition) is 1. The zero-order valence-corrected chi connectivity index (χ0v) is 16.1. The zero-order valence-electron chi connectivity index (χ0n) is 16.1. The van der Waals surface area contributed by atoms with E-state index in [1.807, 2.05) is 6.07 Å². The molecular weight excluding hydrogens is 381 g/mol. The van der Waals surface area contributed by atoms with Crippen molar-refractivity contribution in [3.63, 3.8) is 0 Å². The molecule has 2 aromatic rings. The van der Waals surface area contributed by atoms with Crippen LogP contribution in [0, 0.1) is 11.3 Å². The van der Waals surface area contributed by atoms with E-state index in [2.05, 4.69) is 5.32 Å². The maximum atomic E-state index is 13.0. The number of amides is 1. The Morgan fingerprint density at radius 2 is 1.52 bits per heavy atom. The van der Waals surface area contributed by atoms with Crippen molar-refractivity contribution in [2.45, 2.75) is 44.8 Å². The SMILES string of the molecule is CC(C)NC(=O)CC(CC(F)(F)F)c1ccc(C(=O)c2ccc(C#N)cc2)cc1. The molecule has 2 aromatic carbocycles. The number of nitrogens with one attached hydrogen (secondary N) is 1. The second kappa shape index (κ2) is 9.37. The molecule has 0 saturated carbocycles. The van der Waals surface area contributed by atoms with Crippen molar-refractivity contribution in [1.29, 1.82) is 5.26 Å². The minimum Gasteiger partial charge on any atom is -0.354 e. The average Bonchev–Trinajstić information content (AvgIpc) is 2.65. The van der Waals surface area contributed by atoms with E-state index in [1.54, 1.807) is 13.8 Å². The van der Waals surface area contributed by atoms with Crippen LogP contribution in [0.25, 0.3) is 0 Å². The first kappa shape index (κ1) is 22.2. The molecule has 2 rings (SSSR count). The largest absolute Gasteiger partial charge is 0.389 e. The Hall–Kier alpha value is -3.14. The van der Waals surface area contributed by atoms with E-state index >= 15 is 0 Å². The molecule has 1 amide bonds. The number of benzene rings is 2. The molecule has 1 unspecified atom stereocenters. The van der Waals surface area contributed by atoms with Gasteiger partial charge in [-0.25, -0.2) is 0 Å². The fourth-order valence-electron chi connectivity index (χ4n) is 2.96. The van der Waals surface area contributed by atoms with Crippen molar-refractivity contribution < 1.29 is 22.8 Å². The number of carbonyl (C=O) groups excluding carboxylic acids is 2. The molecule has 0 heterocycles. The van der Waals surface area contributed by atoms with Crippen molar-refractivity contribution in [2.24, 2.45) is 0 Å². The van der Waals surface area contributed by atoms with E-state index in [9.17, 15) is 22.8 Å². The summed E-state index contributed by atoms with van der Waals surface area (Å²) in [7, 11) is 0. The number of hydrogen-bond acceptors (Lipinski definition) is 3. The van der Waals surface area contributed by atoms with E-state index in [4.69, 9.17) is 5.26 Å². The summed E-state index contributed by atoms with van der Waals surface area (Å²) in [6, 6.07) is 13.7. The third-order valence-corrected chi connectivity index (χ3v) is 4.28. The van der Waals surface area contributed by atoms with Crippen LogP contribution in [0.1, 0.15) is 59.7 Å². The van der Waals surface area contributed by atoms with Crippen molar-refractivity contribution in [2.75, 3.05) is 0 Å². The lowest BCUT2D eigenvalue weighted by atomic mass is 9.90. The molecule has 0 aliphatic rings. The van der Waals surface area contributed by atoms with Crippen LogP contribution < -0.4 is 5.32 Å². The highest BCUT2D eigenvalue weighted by atomic mass is 19.4. The van der Waals surface area contributed by atoms with Gasteiger partial charge < -0.3 is 5.32 Å². The van der Waals surface area contributed by atoms with Crippen LogP contribution in [0.3, 0.4) is 0 Å². The third-order valence-electron chi connectivity index (χ3n) is 4.28. The Kier molecular flexibility index (Phi) is 7.16. The first-order valence-corrected chi connectivity index (χ1v) is 9.10. The number of halogens is 3. The number of rotatable bonds is 7. The smallest absolute Gasteiger partial charge is 0.354 e. The maximum absolute atomic E-state index is 13.0. The minimum absolute atomic E-state index is 0.165. The molecule has 1 atom stereocenters. The fourth-order valence-corrected chi connectivity index (χ4v) is 2.96. The Balaban J connectivity index is 2.21. The minimum atomic E-state index is -4.42. The van der Waals surface area contributed by atoms with Gasteiger partial charge in [-0.2, -0.15) is 18.4 Å². The van der Waals surface area contributed by atoms with Crippen LogP contribution in [0.4, 0.5) is 13.2 Å². The number of nitrogens with zero attached hydrogens (tertiary/aromatic N) is 1. The van der Waals surface area contributed by atoms with Crippen LogP contribution in [-0.4, -0.2) is 23.9 Å². The van der Waals surface area contributed by atoms with Crippen molar-refractivity contribution >= 4 is 11.7 Å². The molecule has 7 heteroatoms. The summed E-state index contributed by atoms with van der Waals surface area (Å²) in [4.78, 5) is 24.5. The summed E-state index contributed by atoms with van der Waals surface area (Å²) >= 11 is 0. The maximum Gasteiger partial charge on any atom is 0.389 e. The average molecular weight is 402 g/mol.